The molecule has 2 amide bonds. The van der Waals surface area contributed by atoms with Gasteiger partial charge in [-0.15, -0.1) is 11.3 Å². The summed E-state index contributed by atoms with van der Waals surface area (Å²) in [4.78, 5) is 28.7. The molecule has 3 aromatic carbocycles. The molecule has 0 aliphatic rings. The number of amides is 2. The third-order valence-corrected chi connectivity index (χ3v) is 5.21. The van der Waals surface area contributed by atoms with Crippen LogP contribution in [0.4, 0.5) is 11.4 Å². The maximum Gasteiger partial charge on any atom is 0.255 e. The Balaban J connectivity index is 1.64. The SMILES string of the molecule is CC(=O)Nc1cccc(C(=O)Nc2ccccc2-c2nc3ccccc3s2)c1. The Hall–Kier alpha value is -3.51. The van der Waals surface area contributed by atoms with Gasteiger partial charge in [0.1, 0.15) is 5.01 Å². The molecule has 28 heavy (non-hydrogen) atoms. The molecule has 0 aliphatic carbocycles. The van der Waals surface area contributed by atoms with Gasteiger partial charge in [-0.2, -0.15) is 0 Å². The molecule has 4 rings (SSSR count). The number of para-hydroxylation sites is 2. The zero-order chi connectivity index (χ0) is 19.5. The van der Waals surface area contributed by atoms with Crippen molar-refractivity contribution >= 4 is 44.7 Å². The molecule has 0 radical (unpaired) electrons. The first kappa shape index (κ1) is 17.9. The molecule has 0 bridgehead atoms. The second-order valence-corrected chi connectivity index (χ2v) is 7.28. The van der Waals surface area contributed by atoms with E-state index in [1.165, 1.54) is 6.92 Å². The first-order chi connectivity index (χ1) is 13.6. The Labute approximate surface area is 166 Å². The van der Waals surface area contributed by atoms with Crippen LogP contribution >= 0.6 is 11.3 Å². The van der Waals surface area contributed by atoms with Gasteiger partial charge in [0, 0.05) is 23.7 Å². The van der Waals surface area contributed by atoms with E-state index in [1.54, 1.807) is 35.6 Å². The maximum atomic E-state index is 12.8. The number of anilines is 2. The topological polar surface area (TPSA) is 71.1 Å². The van der Waals surface area contributed by atoms with Crippen molar-refractivity contribution < 1.29 is 9.59 Å². The molecule has 0 saturated carbocycles. The van der Waals surface area contributed by atoms with Crippen LogP contribution in [0.25, 0.3) is 20.8 Å². The number of hydrogen-bond acceptors (Lipinski definition) is 4. The summed E-state index contributed by atoms with van der Waals surface area (Å²) >= 11 is 1.59. The molecule has 138 valence electrons. The minimum absolute atomic E-state index is 0.182. The molecule has 0 unspecified atom stereocenters. The van der Waals surface area contributed by atoms with Gasteiger partial charge in [-0.1, -0.05) is 30.3 Å². The number of hydrogen-bond donors (Lipinski definition) is 2. The number of carbonyl (C=O) groups excluding carboxylic acids is 2. The summed E-state index contributed by atoms with van der Waals surface area (Å²) in [5.41, 5.74) is 3.54. The zero-order valence-electron chi connectivity index (χ0n) is 15.1. The van der Waals surface area contributed by atoms with E-state index in [-0.39, 0.29) is 11.8 Å². The summed E-state index contributed by atoms with van der Waals surface area (Å²) in [6.07, 6.45) is 0. The highest BCUT2D eigenvalue weighted by Gasteiger charge is 2.13. The molecule has 5 nitrogen and oxygen atoms in total. The number of benzene rings is 3. The predicted octanol–water partition coefficient (Wildman–Crippen LogP) is 5.17. The summed E-state index contributed by atoms with van der Waals surface area (Å²) in [5, 5.41) is 6.51. The molecule has 0 fully saturated rings. The van der Waals surface area contributed by atoms with Crippen LogP contribution in [0.15, 0.2) is 72.8 Å². The summed E-state index contributed by atoms with van der Waals surface area (Å²) in [6.45, 7) is 1.43. The van der Waals surface area contributed by atoms with Gasteiger partial charge in [0.2, 0.25) is 5.91 Å². The highest BCUT2D eigenvalue weighted by molar-refractivity contribution is 7.21. The number of nitrogens with zero attached hydrogens (tertiary/aromatic N) is 1. The number of rotatable bonds is 4. The van der Waals surface area contributed by atoms with E-state index in [2.05, 4.69) is 10.6 Å². The molecule has 2 N–H and O–H groups in total. The number of fused-ring (bicyclic) bond motifs is 1. The third kappa shape index (κ3) is 3.77. The number of carbonyl (C=O) groups is 2. The summed E-state index contributed by atoms with van der Waals surface area (Å²) in [6, 6.07) is 22.4. The average molecular weight is 387 g/mol. The van der Waals surface area contributed by atoms with E-state index in [0.29, 0.717) is 16.9 Å². The second kappa shape index (κ2) is 7.62. The van der Waals surface area contributed by atoms with Gasteiger partial charge in [0.05, 0.1) is 15.9 Å². The molecule has 0 atom stereocenters. The lowest BCUT2D eigenvalue weighted by molar-refractivity contribution is -0.114. The fraction of sp³-hybridized carbons (Fsp3) is 0.0455. The largest absolute Gasteiger partial charge is 0.326 e. The second-order valence-electron chi connectivity index (χ2n) is 6.25. The van der Waals surface area contributed by atoms with E-state index in [4.69, 9.17) is 4.98 Å². The maximum absolute atomic E-state index is 12.8. The smallest absolute Gasteiger partial charge is 0.255 e. The molecule has 1 aromatic heterocycles. The highest BCUT2D eigenvalue weighted by atomic mass is 32.1. The van der Waals surface area contributed by atoms with Gasteiger partial charge in [0.25, 0.3) is 5.91 Å². The van der Waals surface area contributed by atoms with Crippen LogP contribution in [-0.4, -0.2) is 16.8 Å². The van der Waals surface area contributed by atoms with Crippen LogP contribution in [0.2, 0.25) is 0 Å². The van der Waals surface area contributed by atoms with E-state index in [9.17, 15) is 9.59 Å². The van der Waals surface area contributed by atoms with Crippen LogP contribution in [0, 0.1) is 0 Å². The van der Waals surface area contributed by atoms with E-state index in [1.807, 2.05) is 48.5 Å². The molecular weight excluding hydrogens is 370 g/mol. The van der Waals surface area contributed by atoms with Gasteiger partial charge in [0.15, 0.2) is 0 Å². The highest BCUT2D eigenvalue weighted by Crippen LogP contribution is 2.34. The normalized spacial score (nSPS) is 10.6. The van der Waals surface area contributed by atoms with E-state index >= 15 is 0 Å². The van der Waals surface area contributed by atoms with Crippen molar-refractivity contribution in [3.05, 3.63) is 78.4 Å². The summed E-state index contributed by atoms with van der Waals surface area (Å²) < 4.78 is 1.10. The molecule has 1 heterocycles. The lowest BCUT2D eigenvalue weighted by Gasteiger charge is -2.10. The number of nitrogens with one attached hydrogen (secondary N) is 2. The predicted molar refractivity (Wildman–Crippen MR) is 114 cm³/mol. The Kier molecular flexibility index (Phi) is 4.87. The first-order valence-corrected chi connectivity index (χ1v) is 9.56. The quantitative estimate of drug-likeness (QED) is 0.507. The molecular formula is C22H17N3O2S. The summed E-state index contributed by atoms with van der Waals surface area (Å²) in [5.74, 6) is -0.431. The van der Waals surface area contributed by atoms with Crippen LogP contribution in [0.3, 0.4) is 0 Å². The lowest BCUT2D eigenvalue weighted by Crippen LogP contribution is -2.13. The van der Waals surface area contributed by atoms with Gasteiger partial charge >= 0.3 is 0 Å². The van der Waals surface area contributed by atoms with Crippen molar-refractivity contribution in [1.82, 2.24) is 4.98 Å². The van der Waals surface area contributed by atoms with Crippen molar-refractivity contribution in [1.29, 1.82) is 0 Å². The molecule has 0 saturated heterocycles. The molecule has 0 spiro atoms. The van der Waals surface area contributed by atoms with Crippen LogP contribution < -0.4 is 10.6 Å². The Morgan fingerprint density at radius 3 is 2.50 bits per heavy atom. The van der Waals surface area contributed by atoms with Crippen molar-refractivity contribution in [2.45, 2.75) is 6.92 Å². The number of thiazole rings is 1. The summed E-state index contributed by atoms with van der Waals surface area (Å²) in [7, 11) is 0. The van der Waals surface area contributed by atoms with E-state index in [0.717, 1.165) is 20.8 Å². The van der Waals surface area contributed by atoms with Gasteiger partial charge in [-0.25, -0.2) is 4.98 Å². The minimum atomic E-state index is -0.249. The monoisotopic (exact) mass is 387 g/mol. The van der Waals surface area contributed by atoms with E-state index < -0.39 is 0 Å². The van der Waals surface area contributed by atoms with Crippen LogP contribution in [0.1, 0.15) is 17.3 Å². The van der Waals surface area contributed by atoms with Gasteiger partial charge in [-0.05, 0) is 42.5 Å². The van der Waals surface area contributed by atoms with Gasteiger partial charge < -0.3 is 10.6 Å². The fourth-order valence-corrected chi connectivity index (χ4v) is 3.91. The van der Waals surface area contributed by atoms with Gasteiger partial charge in [-0.3, -0.25) is 9.59 Å². The van der Waals surface area contributed by atoms with Crippen molar-refractivity contribution in [2.75, 3.05) is 10.6 Å². The molecule has 4 aromatic rings. The Bertz CT molecular complexity index is 1150. The number of aromatic nitrogens is 1. The molecule has 6 heteroatoms. The Morgan fingerprint density at radius 1 is 0.893 bits per heavy atom. The third-order valence-electron chi connectivity index (χ3n) is 4.14. The Morgan fingerprint density at radius 2 is 1.68 bits per heavy atom. The van der Waals surface area contributed by atoms with Crippen LogP contribution in [-0.2, 0) is 4.79 Å². The minimum Gasteiger partial charge on any atom is -0.326 e. The fourth-order valence-electron chi connectivity index (χ4n) is 2.90. The standard InChI is InChI=1S/C22H17N3O2S/c1-14(26)23-16-8-6-7-15(13-16)21(27)24-18-10-3-2-9-17(18)22-25-19-11-4-5-12-20(19)28-22/h2-13H,1H3,(H,23,26)(H,24,27). The zero-order valence-corrected chi connectivity index (χ0v) is 15.9. The van der Waals surface area contributed by atoms with Crippen molar-refractivity contribution in [2.24, 2.45) is 0 Å². The lowest BCUT2D eigenvalue weighted by atomic mass is 10.1. The van der Waals surface area contributed by atoms with Crippen molar-refractivity contribution in [3.63, 3.8) is 0 Å². The first-order valence-electron chi connectivity index (χ1n) is 8.74. The van der Waals surface area contributed by atoms with Crippen LogP contribution in [0.5, 0.6) is 0 Å². The molecule has 0 aliphatic heterocycles. The van der Waals surface area contributed by atoms with Crippen molar-refractivity contribution in [3.8, 4) is 10.6 Å². The average Bonchev–Trinajstić information content (AvgIpc) is 3.12.